The Morgan fingerprint density at radius 1 is 0.718 bits per heavy atom. The molecule has 39 heavy (non-hydrogen) atoms. The zero-order chi connectivity index (χ0) is 28.8. The third-order valence-corrected chi connectivity index (χ3v) is 6.53. The SMILES string of the molecule is CC/C=C/CC(O)/C=C/C=C/CCCCCCCC(=O)O[C@@H](CO)COC(=O)CCCCCCCCCCC. The molecule has 0 saturated heterocycles. The summed E-state index contributed by atoms with van der Waals surface area (Å²) in [6.45, 7) is 3.86. The van der Waals surface area contributed by atoms with Gasteiger partial charge in [0.2, 0.25) is 0 Å². The number of allylic oxidation sites excluding steroid dienone is 4. The van der Waals surface area contributed by atoms with Crippen molar-refractivity contribution in [1.29, 1.82) is 0 Å². The molecule has 226 valence electrons. The highest BCUT2D eigenvalue weighted by atomic mass is 16.6. The van der Waals surface area contributed by atoms with E-state index >= 15 is 0 Å². The van der Waals surface area contributed by atoms with Gasteiger partial charge in [0.05, 0.1) is 12.7 Å². The number of aliphatic hydroxyl groups excluding tert-OH is 2. The minimum absolute atomic E-state index is 0.0872. The first-order chi connectivity index (χ1) is 19.0. The van der Waals surface area contributed by atoms with Crippen LogP contribution in [0.15, 0.2) is 36.5 Å². The maximum Gasteiger partial charge on any atom is 0.306 e. The highest BCUT2D eigenvalue weighted by molar-refractivity contribution is 5.70. The van der Waals surface area contributed by atoms with Gasteiger partial charge >= 0.3 is 11.9 Å². The standard InChI is InChI=1S/C33H58O6/c1-3-5-7-8-9-11-15-18-22-26-32(36)38-29-31(28-34)39-33(37)27-23-19-16-13-10-12-14-17-21-25-30(35)24-20-6-4-2/h6,14,17,20-21,25,30-31,34-35H,3-5,7-13,15-16,18-19,22-24,26-29H2,1-2H3/b17-14+,20-6+,25-21+/t30?,31-/m0/s1. The normalized spacial score (nSPS) is 13.4. The van der Waals surface area contributed by atoms with E-state index in [0.717, 1.165) is 64.2 Å². The second-order valence-corrected chi connectivity index (χ2v) is 10.4. The summed E-state index contributed by atoms with van der Waals surface area (Å²) in [6.07, 6.45) is 29.6. The van der Waals surface area contributed by atoms with Gasteiger partial charge in [0, 0.05) is 12.8 Å². The number of esters is 2. The lowest BCUT2D eigenvalue weighted by Crippen LogP contribution is -2.28. The van der Waals surface area contributed by atoms with Gasteiger partial charge in [0.25, 0.3) is 0 Å². The van der Waals surface area contributed by atoms with E-state index in [-0.39, 0.29) is 25.2 Å². The summed E-state index contributed by atoms with van der Waals surface area (Å²) in [5.74, 6) is -0.651. The average molecular weight is 551 g/mol. The van der Waals surface area contributed by atoms with Crippen molar-refractivity contribution in [2.24, 2.45) is 0 Å². The number of hydrogen-bond acceptors (Lipinski definition) is 6. The van der Waals surface area contributed by atoms with Gasteiger partial charge in [-0.1, -0.05) is 121 Å². The first-order valence-corrected chi connectivity index (χ1v) is 15.7. The molecule has 0 bridgehead atoms. The Bertz CT molecular complexity index is 655. The highest BCUT2D eigenvalue weighted by Gasteiger charge is 2.16. The van der Waals surface area contributed by atoms with Gasteiger partial charge in [0.1, 0.15) is 6.61 Å². The molecule has 0 heterocycles. The number of rotatable bonds is 27. The minimum Gasteiger partial charge on any atom is -0.462 e. The van der Waals surface area contributed by atoms with E-state index in [1.165, 1.54) is 38.5 Å². The molecule has 2 N–H and O–H groups in total. The van der Waals surface area contributed by atoms with Gasteiger partial charge in [-0.25, -0.2) is 0 Å². The van der Waals surface area contributed by atoms with Gasteiger partial charge in [-0.05, 0) is 38.5 Å². The van der Waals surface area contributed by atoms with Crippen molar-refractivity contribution in [2.45, 2.75) is 148 Å². The van der Waals surface area contributed by atoms with Crippen LogP contribution < -0.4 is 0 Å². The van der Waals surface area contributed by atoms with Crippen LogP contribution in [0.4, 0.5) is 0 Å². The molecule has 0 aromatic carbocycles. The van der Waals surface area contributed by atoms with Crippen LogP contribution in [-0.2, 0) is 19.1 Å². The minimum atomic E-state index is -0.792. The van der Waals surface area contributed by atoms with Crippen molar-refractivity contribution < 1.29 is 29.3 Å². The van der Waals surface area contributed by atoms with Crippen LogP contribution in [0.5, 0.6) is 0 Å². The van der Waals surface area contributed by atoms with Crippen molar-refractivity contribution in [3.8, 4) is 0 Å². The molecule has 2 atom stereocenters. The average Bonchev–Trinajstić information content (AvgIpc) is 2.93. The number of aliphatic hydroxyl groups is 2. The molecule has 0 amide bonds. The molecule has 6 nitrogen and oxygen atoms in total. The van der Waals surface area contributed by atoms with Crippen LogP contribution in [0.3, 0.4) is 0 Å². The molecule has 1 unspecified atom stereocenters. The van der Waals surface area contributed by atoms with E-state index in [0.29, 0.717) is 19.3 Å². The van der Waals surface area contributed by atoms with Crippen LogP contribution in [0.2, 0.25) is 0 Å². The Morgan fingerprint density at radius 2 is 1.31 bits per heavy atom. The van der Waals surface area contributed by atoms with E-state index in [2.05, 4.69) is 26.0 Å². The quantitative estimate of drug-likeness (QED) is 0.0467. The van der Waals surface area contributed by atoms with Gasteiger partial charge in [-0.2, -0.15) is 0 Å². The number of unbranched alkanes of at least 4 members (excludes halogenated alkanes) is 13. The Labute approximate surface area is 238 Å². The molecule has 0 aliphatic heterocycles. The third-order valence-electron chi connectivity index (χ3n) is 6.53. The molecular weight excluding hydrogens is 492 g/mol. The molecule has 0 aromatic rings. The monoisotopic (exact) mass is 550 g/mol. The first-order valence-electron chi connectivity index (χ1n) is 15.7. The third kappa shape index (κ3) is 27.4. The summed E-state index contributed by atoms with van der Waals surface area (Å²) in [7, 11) is 0. The number of carbonyl (C=O) groups excluding carboxylic acids is 2. The summed E-state index contributed by atoms with van der Waals surface area (Å²) in [5, 5.41) is 19.2. The second-order valence-electron chi connectivity index (χ2n) is 10.4. The summed E-state index contributed by atoms with van der Waals surface area (Å²) in [4.78, 5) is 24.0. The predicted octanol–water partition coefficient (Wildman–Crippen LogP) is 7.91. The number of carbonyl (C=O) groups is 2. The maximum absolute atomic E-state index is 12.1. The highest BCUT2D eigenvalue weighted by Crippen LogP contribution is 2.12. The van der Waals surface area contributed by atoms with Gasteiger partial charge in [0.15, 0.2) is 6.10 Å². The number of ether oxygens (including phenoxy) is 2. The second kappa shape index (κ2) is 29.1. The van der Waals surface area contributed by atoms with Crippen molar-refractivity contribution in [1.82, 2.24) is 0 Å². The van der Waals surface area contributed by atoms with Crippen molar-refractivity contribution in [3.63, 3.8) is 0 Å². The topological polar surface area (TPSA) is 93.1 Å². The summed E-state index contributed by atoms with van der Waals surface area (Å²) in [6, 6.07) is 0. The number of hydrogen-bond donors (Lipinski definition) is 2. The van der Waals surface area contributed by atoms with E-state index in [1.54, 1.807) is 6.08 Å². The lowest BCUT2D eigenvalue weighted by Gasteiger charge is -2.15. The fraction of sp³-hybridized carbons (Fsp3) is 0.758. The van der Waals surface area contributed by atoms with Crippen LogP contribution >= 0.6 is 0 Å². The lowest BCUT2D eigenvalue weighted by molar-refractivity contribution is -0.161. The Morgan fingerprint density at radius 3 is 1.92 bits per heavy atom. The molecular formula is C33H58O6. The van der Waals surface area contributed by atoms with Crippen molar-refractivity contribution in [2.75, 3.05) is 13.2 Å². The molecule has 0 spiro atoms. The van der Waals surface area contributed by atoms with E-state index < -0.39 is 12.2 Å². The lowest BCUT2D eigenvalue weighted by atomic mass is 10.1. The zero-order valence-corrected chi connectivity index (χ0v) is 25.0. The fourth-order valence-electron chi connectivity index (χ4n) is 4.12. The summed E-state index contributed by atoms with van der Waals surface area (Å²) >= 11 is 0. The van der Waals surface area contributed by atoms with Gasteiger partial charge in [-0.15, -0.1) is 0 Å². The Balaban J connectivity index is 3.70. The molecule has 0 fully saturated rings. The fourth-order valence-corrected chi connectivity index (χ4v) is 4.12. The molecule has 0 aromatic heterocycles. The van der Waals surface area contributed by atoms with Crippen molar-refractivity contribution >= 4 is 11.9 Å². The zero-order valence-electron chi connectivity index (χ0n) is 25.0. The Hall–Kier alpha value is -1.92. The van der Waals surface area contributed by atoms with Crippen LogP contribution in [0, 0.1) is 0 Å². The largest absolute Gasteiger partial charge is 0.462 e. The van der Waals surface area contributed by atoms with Gasteiger partial charge < -0.3 is 19.7 Å². The molecule has 6 heteroatoms. The van der Waals surface area contributed by atoms with Crippen molar-refractivity contribution in [3.05, 3.63) is 36.5 Å². The Kier molecular flexibility index (Phi) is 27.6. The van der Waals surface area contributed by atoms with Gasteiger partial charge in [-0.3, -0.25) is 9.59 Å². The predicted molar refractivity (Wildman–Crippen MR) is 160 cm³/mol. The smallest absolute Gasteiger partial charge is 0.306 e. The molecule has 0 radical (unpaired) electrons. The summed E-state index contributed by atoms with van der Waals surface area (Å²) < 4.78 is 10.5. The summed E-state index contributed by atoms with van der Waals surface area (Å²) in [5.41, 5.74) is 0. The first kappa shape index (κ1) is 37.1. The van der Waals surface area contributed by atoms with E-state index in [4.69, 9.17) is 9.47 Å². The molecule has 0 saturated carbocycles. The maximum atomic E-state index is 12.1. The van der Waals surface area contributed by atoms with E-state index in [1.807, 2.05) is 18.2 Å². The van der Waals surface area contributed by atoms with Crippen LogP contribution in [0.25, 0.3) is 0 Å². The van der Waals surface area contributed by atoms with E-state index in [9.17, 15) is 19.8 Å². The van der Waals surface area contributed by atoms with Crippen LogP contribution in [0.1, 0.15) is 136 Å². The van der Waals surface area contributed by atoms with Crippen LogP contribution in [-0.4, -0.2) is 47.6 Å². The molecule has 0 rings (SSSR count). The molecule has 0 aliphatic carbocycles. The molecule has 0 aliphatic rings.